The van der Waals surface area contributed by atoms with Gasteiger partial charge >= 0.3 is 0 Å². The first kappa shape index (κ1) is 15.3. The Morgan fingerprint density at radius 3 is 2.32 bits per heavy atom. The molecule has 2 heteroatoms. The van der Waals surface area contributed by atoms with Crippen LogP contribution < -0.4 is 5.32 Å². The van der Waals surface area contributed by atoms with Gasteiger partial charge in [0.15, 0.2) is 0 Å². The molecule has 2 fully saturated rings. The Morgan fingerprint density at radius 2 is 1.79 bits per heavy atom. The lowest BCUT2D eigenvalue weighted by molar-refractivity contribution is 0.0945. The van der Waals surface area contributed by atoms with Crippen molar-refractivity contribution in [2.24, 2.45) is 5.92 Å². The van der Waals surface area contributed by atoms with Crippen LogP contribution in [0.3, 0.4) is 0 Å². The van der Waals surface area contributed by atoms with E-state index in [0.717, 1.165) is 30.6 Å². The molecule has 2 aliphatic rings. The van der Waals surface area contributed by atoms with E-state index in [9.17, 15) is 0 Å². The van der Waals surface area contributed by atoms with Crippen LogP contribution >= 0.6 is 0 Å². The summed E-state index contributed by atoms with van der Waals surface area (Å²) in [5.74, 6) is 0.943. The molecule has 112 valence electrons. The third-order valence-electron chi connectivity index (χ3n) is 5.39. The number of hydrogen-bond acceptors (Lipinski definition) is 2. The third kappa shape index (κ3) is 3.95. The van der Waals surface area contributed by atoms with E-state index in [1.165, 1.54) is 57.9 Å². The molecular weight excluding hydrogens is 232 g/mol. The summed E-state index contributed by atoms with van der Waals surface area (Å²) < 4.78 is 0. The van der Waals surface area contributed by atoms with E-state index in [0.29, 0.717) is 0 Å². The smallest absolute Gasteiger partial charge is 0.0114 e. The zero-order valence-corrected chi connectivity index (χ0v) is 13.3. The fourth-order valence-corrected chi connectivity index (χ4v) is 4.24. The standard InChI is InChI=1S/C17H34N2/c1-4-7-8-14(5-2)13-19-16-9-10-17(19)12-15(11-16)18-6-3/h14-18H,4-13H2,1-3H3. The van der Waals surface area contributed by atoms with E-state index in [-0.39, 0.29) is 0 Å². The van der Waals surface area contributed by atoms with Gasteiger partial charge < -0.3 is 5.32 Å². The Hall–Kier alpha value is -0.0800. The first-order valence-electron chi connectivity index (χ1n) is 8.77. The van der Waals surface area contributed by atoms with E-state index in [4.69, 9.17) is 0 Å². The zero-order chi connectivity index (χ0) is 13.7. The molecule has 19 heavy (non-hydrogen) atoms. The number of unbranched alkanes of at least 4 members (excludes halogenated alkanes) is 1. The van der Waals surface area contributed by atoms with Gasteiger partial charge in [-0.15, -0.1) is 0 Å². The molecule has 2 heterocycles. The van der Waals surface area contributed by atoms with E-state index in [2.05, 4.69) is 31.0 Å². The van der Waals surface area contributed by atoms with Crippen molar-refractivity contribution in [3.05, 3.63) is 0 Å². The van der Waals surface area contributed by atoms with Crippen LogP contribution in [0, 0.1) is 5.92 Å². The van der Waals surface area contributed by atoms with E-state index >= 15 is 0 Å². The summed E-state index contributed by atoms with van der Waals surface area (Å²) in [5, 5.41) is 3.68. The van der Waals surface area contributed by atoms with Crippen molar-refractivity contribution in [3.8, 4) is 0 Å². The van der Waals surface area contributed by atoms with Crippen molar-refractivity contribution in [1.29, 1.82) is 0 Å². The maximum absolute atomic E-state index is 3.68. The number of piperidine rings is 1. The van der Waals surface area contributed by atoms with Crippen molar-refractivity contribution in [2.45, 2.75) is 90.3 Å². The molecule has 2 aliphatic heterocycles. The number of nitrogens with zero attached hydrogens (tertiary/aromatic N) is 1. The Labute approximate surface area is 120 Å². The van der Waals surface area contributed by atoms with Gasteiger partial charge in [0.2, 0.25) is 0 Å². The average molecular weight is 266 g/mol. The summed E-state index contributed by atoms with van der Waals surface area (Å²) in [6.07, 6.45) is 11.3. The zero-order valence-electron chi connectivity index (χ0n) is 13.3. The lowest BCUT2D eigenvalue weighted by atomic mass is 9.93. The molecule has 2 saturated heterocycles. The van der Waals surface area contributed by atoms with Crippen molar-refractivity contribution in [2.75, 3.05) is 13.1 Å². The number of fused-ring (bicyclic) bond motifs is 2. The molecule has 0 amide bonds. The van der Waals surface area contributed by atoms with Gasteiger partial charge in [0, 0.05) is 24.7 Å². The second kappa shape index (κ2) is 7.64. The lowest BCUT2D eigenvalue weighted by Crippen LogP contribution is -2.50. The molecule has 0 radical (unpaired) electrons. The Morgan fingerprint density at radius 1 is 1.11 bits per heavy atom. The molecular formula is C17H34N2. The lowest BCUT2D eigenvalue weighted by Gasteiger charge is -2.41. The third-order valence-corrected chi connectivity index (χ3v) is 5.39. The summed E-state index contributed by atoms with van der Waals surface area (Å²) in [6, 6.07) is 2.58. The Kier molecular flexibility index (Phi) is 6.15. The molecule has 2 rings (SSSR count). The van der Waals surface area contributed by atoms with E-state index in [1.54, 1.807) is 0 Å². The molecule has 0 aromatic carbocycles. The summed E-state index contributed by atoms with van der Waals surface area (Å²) >= 11 is 0. The van der Waals surface area contributed by atoms with Gasteiger partial charge in [0.1, 0.15) is 0 Å². The second-order valence-corrected chi connectivity index (χ2v) is 6.72. The predicted molar refractivity (Wildman–Crippen MR) is 83.5 cm³/mol. The highest BCUT2D eigenvalue weighted by Gasteiger charge is 2.40. The van der Waals surface area contributed by atoms with Crippen LogP contribution in [0.4, 0.5) is 0 Å². The normalized spacial score (nSPS) is 32.7. The maximum Gasteiger partial charge on any atom is 0.0114 e. The number of hydrogen-bond donors (Lipinski definition) is 1. The number of nitrogens with one attached hydrogen (secondary N) is 1. The monoisotopic (exact) mass is 266 g/mol. The molecule has 3 atom stereocenters. The van der Waals surface area contributed by atoms with E-state index in [1.807, 2.05) is 0 Å². The second-order valence-electron chi connectivity index (χ2n) is 6.72. The average Bonchev–Trinajstić information content (AvgIpc) is 2.65. The van der Waals surface area contributed by atoms with Crippen LogP contribution in [-0.4, -0.2) is 36.1 Å². The molecule has 0 aromatic heterocycles. The highest BCUT2D eigenvalue weighted by atomic mass is 15.2. The topological polar surface area (TPSA) is 15.3 Å². The largest absolute Gasteiger partial charge is 0.314 e. The fourth-order valence-electron chi connectivity index (χ4n) is 4.24. The Balaban J connectivity index is 1.84. The van der Waals surface area contributed by atoms with Crippen molar-refractivity contribution >= 4 is 0 Å². The summed E-state index contributed by atoms with van der Waals surface area (Å²) in [6.45, 7) is 9.46. The highest BCUT2D eigenvalue weighted by Crippen LogP contribution is 2.36. The number of rotatable bonds is 8. The molecule has 0 spiro atoms. The van der Waals surface area contributed by atoms with Gasteiger partial charge in [-0.2, -0.15) is 0 Å². The predicted octanol–water partition coefficient (Wildman–Crippen LogP) is 3.81. The van der Waals surface area contributed by atoms with Gasteiger partial charge in [-0.25, -0.2) is 0 Å². The van der Waals surface area contributed by atoms with Gasteiger partial charge in [-0.05, 0) is 44.6 Å². The van der Waals surface area contributed by atoms with Crippen LogP contribution in [0.1, 0.15) is 72.1 Å². The summed E-state index contributed by atoms with van der Waals surface area (Å²) in [7, 11) is 0. The summed E-state index contributed by atoms with van der Waals surface area (Å²) in [4.78, 5) is 2.89. The molecule has 0 saturated carbocycles. The highest BCUT2D eigenvalue weighted by molar-refractivity contribution is 4.97. The van der Waals surface area contributed by atoms with Gasteiger partial charge in [0.25, 0.3) is 0 Å². The molecule has 0 aliphatic carbocycles. The quantitative estimate of drug-likeness (QED) is 0.719. The molecule has 3 unspecified atom stereocenters. The fraction of sp³-hybridized carbons (Fsp3) is 1.00. The van der Waals surface area contributed by atoms with Crippen molar-refractivity contribution in [3.63, 3.8) is 0 Å². The van der Waals surface area contributed by atoms with Crippen LogP contribution in [0.5, 0.6) is 0 Å². The van der Waals surface area contributed by atoms with Gasteiger partial charge in [-0.1, -0.05) is 40.0 Å². The first-order chi connectivity index (χ1) is 9.28. The minimum absolute atomic E-state index is 0.800. The SMILES string of the molecule is CCCCC(CC)CN1C2CCC1CC(NCC)C2. The molecule has 2 bridgehead atoms. The minimum atomic E-state index is 0.800. The maximum atomic E-state index is 3.68. The van der Waals surface area contributed by atoms with Crippen LogP contribution in [0.25, 0.3) is 0 Å². The molecule has 0 aromatic rings. The molecule has 1 N–H and O–H groups in total. The summed E-state index contributed by atoms with van der Waals surface area (Å²) in [5.41, 5.74) is 0. The first-order valence-corrected chi connectivity index (χ1v) is 8.77. The van der Waals surface area contributed by atoms with Gasteiger partial charge in [-0.3, -0.25) is 4.90 Å². The van der Waals surface area contributed by atoms with Crippen LogP contribution in [-0.2, 0) is 0 Å². The van der Waals surface area contributed by atoms with Crippen molar-refractivity contribution in [1.82, 2.24) is 10.2 Å². The minimum Gasteiger partial charge on any atom is -0.314 e. The van der Waals surface area contributed by atoms with E-state index < -0.39 is 0 Å². The van der Waals surface area contributed by atoms with Gasteiger partial charge in [0.05, 0.1) is 0 Å². The van der Waals surface area contributed by atoms with Crippen LogP contribution in [0.2, 0.25) is 0 Å². The van der Waals surface area contributed by atoms with Crippen LogP contribution in [0.15, 0.2) is 0 Å². The van der Waals surface area contributed by atoms with Crippen molar-refractivity contribution < 1.29 is 0 Å². The molecule has 2 nitrogen and oxygen atoms in total. The Bertz CT molecular complexity index is 240.